The van der Waals surface area contributed by atoms with E-state index in [-0.39, 0.29) is 5.91 Å². The Balaban J connectivity index is 2.05. The van der Waals surface area contributed by atoms with Gasteiger partial charge in [0.25, 0.3) is 0 Å². The van der Waals surface area contributed by atoms with Crippen LogP contribution in [0, 0.1) is 6.92 Å². The fourth-order valence-corrected chi connectivity index (χ4v) is 2.88. The number of thiazole rings is 1. The van der Waals surface area contributed by atoms with Gasteiger partial charge in [0.05, 0.1) is 17.2 Å². The van der Waals surface area contributed by atoms with Crippen molar-refractivity contribution < 1.29 is 4.79 Å². The molecule has 0 aliphatic rings. The Labute approximate surface area is 137 Å². The van der Waals surface area contributed by atoms with E-state index in [0.717, 1.165) is 10.7 Å². The van der Waals surface area contributed by atoms with Crippen molar-refractivity contribution in [1.82, 2.24) is 9.88 Å². The summed E-state index contributed by atoms with van der Waals surface area (Å²) in [4.78, 5) is 18.0. The number of hydrogen-bond donors (Lipinski definition) is 0. The highest BCUT2D eigenvalue weighted by molar-refractivity contribution is 7.09. The molecule has 0 N–H and O–H groups in total. The van der Waals surface area contributed by atoms with Crippen molar-refractivity contribution in [2.75, 3.05) is 7.05 Å². The largest absolute Gasteiger partial charge is 0.336 e. The second-order valence-corrected chi connectivity index (χ2v) is 6.40. The maximum Gasteiger partial charge on any atom is 0.246 e. The summed E-state index contributed by atoms with van der Waals surface area (Å²) >= 11 is 13.7. The minimum atomic E-state index is -0.128. The van der Waals surface area contributed by atoms with Gasteiger partial charge in [0.2, 0.25) is 5.91 Å². The van der Waals surface area contributed by atoms with Crippen molar-refractivity contribution >= 4 is 46.5 Å². The first-order valence-electron chi connectivity index (χ1n) is 6.25. The smallest absolute Gasteiger partial charge is 0.246 e. The summed E-state index contributed by atoms with van der Waals surface area (Å²) in [5, 5.41) is 3.98. The van der Waals surface area contributed by atoms with Crippen LogP contribution in [0.1, 0.15) is 16.3 Å². The molecule has 0 fully saturated rings. The molecule has 0 spiro atoms. The molecule has 0 bridgehead atoms. The molecule has 0 aliphatic heterocycles. The number of rotatable bonds is 4. The van der Waals surface area contributed by atoms with Crippen LogP contribution in [-0.2, 0) is 11.3 Å². The molecule has 6 heteroatoms. The van der Waals surface area contributed by atoms with Crippen LogP contribution in [0.15, 0.2) is 29.7 Å². The first-order chi connectivity index (χ1) is 9.97. The van der Waals surface area contributed by atoms with Crippen molar-refractivity contribution in [2.24, 2.45) is 0 Å². The first kappa shape index (κ1) is 16.0. The van der Waals surface area contributed by atoms with Crippen LogP contribution < -0.4 is 0 Å². The Kier molecular flexibility index (Phi) is 5.39. The molecular weight excluding hydrogens is 327 g/mol. The Morgan fingerprint density at radius 2 is 2.05 bits per heavy atom. The van der Waals surface area contributed by atoms with Crippen LogP contribution in [-0.4, -0.2) is 22.8 Å². The van der Waals surface area contributed by atoms with Gasteiger partial charge in [-0.3, -0.25) is 4.79 Å². The number of hydrogen-bond acceptors (Lipinski definition) is 3. The van der Waals surface area contributed by atoms with Crippen molar-refractivity contribution in [3.05, 3.63) is 56.0 Å². The van der Waals surface area contributed by atoms with E-state index >= 15 is 0 Å². The SMILES string of the molecule is Cc1nc(CN(C)C(=O)C=Cc2c(Cl)cccc2Cl)cs1. The number of carbonyl (C=O) groups excluding carboxylic acids is 1. The number of aromatic nitrogens is 1. The predicted octanol–water partition coefficient (Wildman–Crippen LogP) is 4.43. The molecule has 1 aromatic carbocycles. The van der Waals surface area contributed by atoms with Crippen molar-refractivity contribution in [1.29, 1.82) is 0 Å². The van der Waals surface area contributed by atoms with Crippen molar-refractivity contribution in [2.45, 2.75) is 13.5 Å². The number of halogens is 2. The average molecular weight is 341 g/mol. The zero-order chi connectivity index (χ0) is 15.4. The summed E-state index contributed by atoms with van der Waals surface area (Å²) in [7, 11) is 1.73. The number of benzene rings is 1. The molecule has 2 aromatic rings. The van der Waals surface area contributed by atoms with Crippen LogP contribution >= 0.6 is 34.5 Å². The second kappa shape index (κ2) is 7.07. The summed E-state index contributed by atoms with van der Waals surface area (Å²) in [6.07, 6.45) is 3.10. The third kappa shape index (κ3) is 4.30. The van der Waals surface area contributed by atoms with Crippen molar-refractivity contribution in [3.63, 3.8) is 0 Å². The van der Waals surface area contributed by atoms with Gasteiger partial charge in [0.15, 0.2) is 0 Å². The average Bonchev–Trinajstić information content (AvgIpc) is 2.83. The lowest BCUT2D eigenvalue weighted by Gasteiger charge is -2.13. The summed E-state index contributed by atoms with van der Waals surface area (Å²) in [5.74, 6) is -0.128. The molecule has 1 amide bonds. The zero-order valence-corrected chi connectivity index (χ0v) is 14.0. The molecule has 0 unspecified atom stereocenters. The molecule has 110 valence electrons. The van der Waals surface area contributed by atoms with Crippen LogP contribution in [0.5, 0.6) is 0 Å². The van der Waals surface area contributed by atoms with Gasteiger partial charge in [0, 0.05) is 34.1 Å². The van der Waals surface area contributed by atoms with E-state index in [1.165, 1.54) is 6.08 Å². The van der Waals surface area contributed by atoms with E-state index in [4.69, 9.17) is 23.2 Å². The maximum atomic E-state index is 12.1. The Bertz CT molecular complexity index is 662. The lowest BCUT2D eigenvalue weighted by Crippen LogP contribution is -2.24. The molecule has 0 radical (unpaired) electrons. The summed E-state index contributed by atoms with van der Waals surface area (Å²) in [5.41, 5.74) is 1.53. The molecule has 1 aromatic heterocycles. The van der Waals surface area contributed by atoms with Gasteiger partial charge in [-0.15, -0.1) is 11.3 Å². The van der Waals surface area contributed by atoms with Crippen LogP contribution in [0.2, 0.25) is 10.0 Å². The quantitative estimate of drug-likeness (QED) is 0.771. The maximum absolute atomic E-state index is 12.1. The highest BCUT2D eigenvalue weighted by Gasteiger charge is 2.09. The number of carbonyl (C=O) groups is 1. The standard InChI is InChI=1S/C15H14Cl2N2OS/c1-10-18-11(9-21-10)8-19(2)15(20)7-6-12-13(16)4-3-5-14(12)17/h3-7,9H,8H2,1-2H3. The minimum Gasteiger partial charge on any atom is -0.336 e. The fraction of sp³-hybridized carbons (Fsp3) is 0.200. The highest BCUT2D eigenvalue weighted by Crippen LogP contribution is 2.25. The van der Waals surface area contributed by atoms with Crippen LogP contribution in [0.25, 0.3) is 6.08 Å². The van der Waals surface area contributed by atoms with Crippen molar-refractivity contribution in [3.8, 4) is 0 Å². The molecule has 0 saturated carbocycles. The van der Waals surface area contributed by atoms with Gasteiger partial charge in [-0.1, -0.05) is 29.3 Å². The molecule has 21 heavy (non-hydrogen) atoms. The lowest BCUT2D eigenvalue weighted by molar-refractivity contribution is -0.125. The van der Waals surface area contributed by atoms with E-state index in [1.54, 1.807) is 47.6 Å². The minimum absolute atomic E-state index is 0.128. The van der Waals surface area contributed by atoms with E-state index in [9.17, 15) is 4.79 Å². The molecular formula is C15H14Cl2N2OS. The molecule has 3 nitrogen and oxygen atoms in total. The van der Waals surface area contributed by atoms with Gasteiger partial charge in [-0.05, 0) is 25.1 Å². The van der Waals surface area contributed by atoms with Gasteiger partial charge in [-0.25, -0.2) is 4.98 Å². The number of likely N-dealkylation sites (N-methyl/N-ethyl adjacent to an activating group) is 1. The first-order valence-corrected chi connectivity index (χ1v) is 7.89. The molecule has 0 saturated heterocycles. The van der Waals surface area contributed by atoms with Crippen LogP contribution in [0.4, 0.5) is 0 Å². The lowest BCUT2D eigenvalue weighted by atomic mass is 10.2. The van der Waals surface area contributed by atoms with E-state index < -0.39 is 0 Å². The number of nitrogens with zero attached hydrogens (tertiary/aromatic N) is 2. The Morgan fingerprint density at radius 3 is 2.62 bits per heavy atom. The topological polar surface area (TPSA) is 33.2 Å². The van der Waals surface area contributed by atoms with Gasteiger partial charge in [-0.2, -0.15) is 0 Å². The predicted molar refractivity (Wildman–Crippen MR) is 88.8 cm³/mol. The Hall–Kier alpha value is -1.36. The molecule has 0 atom stereocenters. The summed E-state index contributed by atoms with van der Waals surface area (Å²) in [6.45, 7) is 2.42. The monoisotopic (exact) mass is 340 g/mol. The third-order valence-corrected chi connectivity index (χ3v) is 4.32. The fourth-order valence-electron chi connectivity index (χ4n) is 1.75. The zero-order valence-electron chi connectivity index (χ0n) is 11.6. The molecule has 2 rings (SSSR count). The Morgan fingerprint density at radius 1 is 1.38 bits per heavy atom. The highest BCUT2D eigenvalue weighted by atomic mass is 35.5. The summed E-state index contributed by atoms with van der Waals surface area (Å²) in [6, 6.07) is 5.24. The van der Waals surface area contributed by atoms with Gasteiger partial charge in [0.1, 0.15) is 0 Å². The normalized spacial score (nSPS) is 11.0. The van der Waals surface area contributed by atoms with Crippen LogP contribution in [0.3, 0.4) is 0 Å². The third-order valence-electron chi connectivity index (χ3n) is 2.83. The number of amides is 1. The van der Waals surface area contributed by atoms with Gasteiger partial charge < -0.3 is 4.90 Å². The number of aryl methyl sites for hydroxylation is 1. The van der Waals surface area contributed by atoms with E-state index in [2.05, 4.69) is 4.98 Å². The van der Waals surface area contributed by atoms with Gasteiger partial charge >= 0.3 is 0 Å². The van der Waals surface area contributed by atoms with E-state index in [0.29, 0.717) is 22.2 Å². The second-order valence-electron chi connectivity index (χ2n) is 4.52. The van der Waals surface area contributed by atoms with E-state index in [1.807, 2.05) is 12.3 Å². The molecule has 1 heterocycles. The summed E-state index contributed by atoms with van der Waals surface area (Å²) < 4.78 is 0. The molecule has 0 aliphatic carbocycles.